The number of benzene rings is 2. The molecular weight excluding hydrogens is 310 g/mol. The summed E-state index contributed by atoms with van der Waals surface area (Å²) in [6, 6.07) is 16.5. The van der Waals surface area contributed by atoms with E-state index in [4.69, 9.17) is 4.74 Å². The molecule has 134 valence electrons. The summed E-state index contributed by atoms with van der Waals surface area (Å²) >= 11 is 0. The summed E-state index contributed by atoms with van der Waals surface area (Å²) in [5.41, 5.74) is 3.57. The average Bonchev–Trinajstić information content (AvgIpc) is 2.58. The van der Waals surface area contributed by atoms with Crippen LogP contribution in [0.5, 0.6) is 5.75 Å². The second kappa shape index (κ2) is 9.26. The number of ether oxygens (including phenoxy) is 1. The zero-order valence-corrected chi connectivity index (χ0v) is 15.7. The van der Waals surface area contributed by atoms with Crippen LogP contribution in [0.15, 0.2) is 48.5 Å². The van der Waals surface area contributed by atoms with Crippen LogP contribution in [0.2, 0.25) is 0 Å². The third-order valence-electron chi connectivity index (χ3n) is 4.23. The quantitative estimate of drug-likeness (QED) is 0.763. The second-order valence-electron chi connectivity index (χ2n) is 6.77. The minimum atomic E-state index is -0.458. The van der Waals surface area contributed by atoms with Crippen molar-refractivity contribution in [3.63, 3.8) is 0 Å². The monoisotopic (exact) mass is 339 g/mol. The first-order valence-electron chi connectivity index (χ1n) is 9.07. The molecule has 25 heavy (non-hydrogen) atoms. The Balaban J connectivity index is 1.88. The molecule has 2 aromatic carbocycles. The van der Waals surface area contributed by atoms with Gasteiger partial charge in [0, 0.05) is 6.04 Å². The summed E-state index contributed by atoms with van der Waals surface area (Å²) < 4.78 is 5.94. The molecule has 0 saturated carbocycles. The Kier molecular flexibility index (Phi) is 7.05. The highest BCUT2D eigenvalue weighted by Gasteiger charge is 2.20. The fourth-order valence-corrected chi connectivity index (χ4v) is 2.92. The molecule has 0 unspecified atom stereocenters. The zero-order chi connectivity index (χ0) is 18.2. The van der Waals surface area contributed by atoms with Gasteiger partial charge in [-0.2, -0.15) is 0 Å². The summed E-state index contributed by atoms with van der Waals surface area (Å²) in [5, 5.41) is 3.09. The maximum absolute atomic E-state index is 12.5. The van der Waals surface area contributed by atoms with Crippen molar-refractivity contribution in [2.24, 2.45) is 0 Å². The highest BCUT2D eigenvalue weighted by atomic mass is 16.5. The van der Waals surface area contributed by atoms with Crippen LogP contribution in [0.1, 0.15) is 43.4 Å². The van der Waals surface area contributed by atoms with Crippen LogP contribution in [0.25, 0.3) is 0 Å². The van der Waals surface area contributed by atoms with Gasteiger partial charge < -0.3 is 10.1 Å². The maximum atomic E-state index is 12.5. The van der Waals surface area contributed by atoms with Gasteiger partial charge in [-0.05, 0) is 68.9 Å². The van der Waals surface area contributed by atoms with E-state index in [-0.39, 0.29) is 11.9 Å². The topological polar surface area (TPSA) is 38.3 Å². The van der Waals surface area contributed by atoms with E-state index >= 15 is 0 Å². The van der Waals surface area contributed by atoms with Crippen LogP contribution in [0.4, 0.5) is 0 Å². The van der Waals surface area contributed by atoms with E-state index in [1.54, 1.807) is 0 Å². The van der Waals surface area contributed by atoms with Crippen LogP contribution in [0.3, 0.4) is 0 Å². The van der Waals surface area contributed by atoms with Gasteiger partial charge in [-0.1, -0.05) is 43.3 Å². The lowest BCUT2D eigenvalue weighted by molar-refractivity contribution is -0.128. The van der Waals surface area contributed by atoms with Crippen molar-refractivity contribution in [3.8, 4) is 5.75 Å². The van der Waals surface area contributed by atoms with Gasteiger partial charge in [0.05, 0.1) is 0 Å². The molecule has 0 radical (unpaired) electrons. The number of aryl methyl sites for hydroxylation is 3. The van der Waals surface area contributed by atoms with Gasteiger partial charge in [0.25, 0.3) is 5.91 Å². The Bertz CT molecular complexity index is 661. The van der Waals surface area contributed by atoms with E-state index in [0.29, 0.717) is 6.42 Å². The van der Waals surface area contributed by atoms with Gasteiger partial charge in [-0.25, -0.2) is 0 Å². The Morgan fingerprint density at radius 1 is 1.08 bits per heavy atom. The lowest BCUT2D eigenvalue weighted by Crippen LogP contribution is -2.42. The van der Waals surface area contributed by atoms with E-state index in [0.717, 1.165) is 29.7 Å². The summed E-state index contributed by atoms with van der Waals surface area (Å²) in [7, 11) is 0. The first kappa shape index (κ1) is 19.0. The Morgan fingerprint density at radius 3 is 2.32 bits per heavy atom. The van der Waals surface area contributed by atoms with Crippen molar-refractivity contribution >= 4 is 5.91 Å². The van der Waals surface area contributed by atoms with Crippen molar-refractivity contribution in [3.05, 3.63) is 65.2 Å². The number of hydrogen-bond acceptors (Lipinski definition) is 2. The summed E-state index contributed by atoms with van der Waals surface area (Å²) in [6.07, 6.45) is 2.05. The molecule has 0 saturated heterocycles. The Hall–Kier alpha value is -2.29. The molecule has 1 N–H and O–H groups in total. The molecule has 0 aliphatic heterocycles. The highest BCUT2D eigenvalue weighted by Crippen LogP contribution is 2.18. The molecule has 3 nitrogen and oxygen atoms in total. The lowest BCUT2D eigenvalue weighted by Gasteiger charge is -2.21. The Labute approximate surface area is 151 Å². The lowest BCUT2D eigenvalue weighted by atomic mass is 10.1. The Morgan fingerprint density at radius 2 is 1.72 bits per heavy atom. The third-order valence-corrected chi connectivity index (χ3v) is 4.23. The average molecular weight is 339 g/mol. The summed E-state index contributed by atoms with van der Waals surface area (Å²) in [5.74, 6) is 0.721. The van der Waals surface area contributed by atoms with Crippen molar-refractivity contribution in [1.82, 2.24) is 5.32 Å². The number of nitrogens with one attached hydrogen (secondary N) is 1. The molecule has 3 heteroatoms. The van der Waals surface area contributed by atoms with E-state index in [9.17, 15) is 4.79 Å². The maximum Gasteiger partial charge on any atom is 0.261 e. The molecule has 0 bridgehead atoms. The van der Waals surface area contributed by atoms with Crippen molar-refractivity contribution in [1.29, 1.82) is 0 Å². The molecule has 0 aromatic heterocycles. The number of hydrogen-bond donors (Lipinski definition) is 1. The van der Waals surface area contributed by atoms with E-state index in [1.807, 2.05) is 58.0 Å². The van der Waals surface area contributed by atoms with Crippen molar-refractivity contribution in [2.75, 3.05) is 0 Å². The number of rotatable bonds is 8. The number of carbonyl (C=O) groups excluding carboxylic acids is 1. The molecule has 0 heterocycles. The SMILES string of the molecule is CC[C@H](Oc1cc(C)cc(C)c1)C(=O)N[C@H](C)CCc1ccccc1. The minimum Gasteiger partial charge on any atom is -0.481 e. The number of amides is 1. The predicted octanol–water partition coefficient (Wildman–Crippen LogP) is 4.60. The van der Waals surface area contributed by atoms with Gasteiger partial charge in [0.2, 0.25) is 0 Å². The fourth-order valence-electron chi connectivity index (χ4n) is 2.92. The van der Waals surface area contributed by atoms with E-state index < -0.39 is 6.10 Å². The zero-order valence-electron chi connectivity index (χ0n) is 15.7. The molecule has 2 atom stereocenters. The van der Waals surface area contributed by atoms with Crippen LogP contribution < -0.4 is 10.1 Å². The molecule has 1 amide bonds. The number of carbonyl (C=O) groups is 1. The van der Waals surface area contributed by atoms with Crippen LogP contribution in [-0.4, -0.2) is 18.1 Å². The normalized spacial score (nSPS) is 13.1. The standard InChI is InChI=1S/C22H29NO2/c1-5-21(25-20-14-16(2)13-17(3)15-20)22(24)23-18(4)11-12-19-9-7-6-8-10-19/h6-10,13-15,18,21H,5,11-12H2,1-4H3,(H,23,24)/t18-,21+/m1/s1. The minimum absolute atomic E-state index is 0.0396. The summed E-state index contributed by atoms with van der Waals surface area (Å²) in [6.45, 7) is 8.09. The predicted molar refractivity (Wildman–Crippen MR) is 103 cm³/mol. The molecule has 0 aliphatic rings. The summed E-state index contributed by atoms with van der Waals surface area (Å²) in [4.78, 5) is 12.5. The van der Waals surface area contributed by atoms with E-state index in [1.165, 1.54) is 5.56 Å². The fraction of sp³-hybridized carbons (Fsp3) is 0.409. The molecule has 2 aromatic rings. The van der Waals surface area contributed by atoms with Gasteiger partial charge in [-0.3, -0.25) is 4.79 Å². The highest BCUT2D eigenvalue weighted by molar-refractivity contribution is 5.81. The first-order valence-corrected chi connectivity index (χ1v) is 9.07. The van der Waals surface area contributed by atoms with Gasteiger partial charge in [-0.15, -0.1) is 0 Å². The van der Waals surface area contributed by atoms with Crippen LogP contribution in [0, 0.1) is 13.8 Å². The molecule has 0 spiro atoms. The van der Waals surface area contributed by atoms with Gasteiger partial charge in [0.15, 0.2) is 6.10 Å². The van der Waals surface area contributed by atoms with Crippen molar-refractivity contribution in [2.45, 2.75) is 59.1 Å². The third kappa shape index (κ3) is 6.26. The van der Waals surface area contributed by atoms with Crippen molar-refractivity contribution < 1.29 is 9.53 Å². The molecule has 2 rings (SSSR count). The largest absolute Gasteiger partial charge is 0.481 e. The van der Waals surface area contributed by atoms with E-state index in [2.05, 4.69) is 23.5 Å². The van der Waals surface area contributed by atoms with Crippen LogP contribution >= 0.6 is 0 Å². The molecular formula is C22H29NO2. The first-order chi connectivity index (χ1) is 12.0. The van der Waals surface area contributed by atoms with Crippen LogP contribution in [-0.2, 0) is 11.2 Å². The molecule has 0 fully saturated rings. The smallest absolute Gasteiger partial charge is 0.261 e. The second-order valence-corrected chi connectivity index (χ2v) is 6.77. The molecule has 0 aliphatic carbocycles. The van der Waals surface area contributed by atoms with Gasteiger partial charge in [0.1, 0.15) is 5.75 Å². The van der Waals surface area contributed by atoms with Gasteiger partial charge >= 0.3 is 0 Å².